The van der Waals surface area contributed by atoms with Crippen LogP contribution in [0, 0.1) is 0 Å². The summed E-state index contributed by atoms with van der Waals surface area (Å²) in [6, 6.07) is 0. The van der Waals surface area contributed by atoms with Crippen molar-refractivity contribution in [3.8, 4) is 0 Å². The van der Waals surface area contributed by atoms with E-state index in [9.17, 15) is 14.4 Å². The van der Waals surface area contributed by atoms with E-state index in [1.54, 1.807) is 0 Å². The molecule has 1 atom stereocenters. The molecule has 79 heavy (non-hydrogen) atoms. The van der Waals surface area contributed by atoms with Crippen molar-refractivity contribution in [1.29, 1.82) is 0 Å². The van der Waals surface area contributed by atoms with Crippen molar-refractivity contribution in [3.05, 3.63) is 109 Å². The molecule has 0 bridgehead atoms. The van der Waals surface area contributed by atoms with Crippen molar-refractivity contribution in [2.24, 2.45) is 0 Å². The van der Waals surface area contributed by atoms with Gasteiger partial charge in [0.05, 0.1) is 0 Å². The number of carbonyl (C=O) groups excluding carboxylic acids is 3. The van der Waals surface area contributed by atoms with Crippen molar-refractivity contribution in [3.63, 3.8) is 0 Å². The lowest BCUT2D eigenvalue weighted by Gasteiger charge is -2.18. The zero-order chi connectivity index (χ0) is 57.1. The molecule has 0 aromatic rings. The molecule has 0 N–H and O–H groups in total. The molecule has 6 heteroatoms. The molecule has 0 aliphatic heterocycles. The first-order valence-electron chi connectivity index (χ1n) is 33.4. The Morgan fingerprint density at radius 3 is 0.785 bits per heavy atom. The van der Waals surface area contributed by atoms with Crippen LogP contribution >= 0.6 is 0 Å². The summed E-state index contributed by atoms with van der Waals surface area (Å²) in [5.41, 5.74) is 0. The van der Waals surface area contributed by atoms with E-state index in [2.05, 4.69) is 130 Å². The van der Waals surface area contributed by atoms with Gasteiger partial charge in [0.25, 0.3) is 0 Å². The van der Waals surface area contributed by atoms with Gasteiger partial charge in [-0.05, 0) is 103 Å². The van der Waals surface area contributed by atoms with Crippen LogP contribution in [0.5, 0.6) is 0 Å². The van der Waals surface area contributed by atoms with E-state index in [4.69, 9.17) is 14.2 Å². The van der Waals surface area contributed by atoms with Gasteiger partial charge < -0.3 is 14.2 Å². The lowest BCUT2D eigenvalue weighted by molar-refractivity contribution is -0.167. The van der Waals surface area contributed by atoms with E-state index >= 15 is 0 Å². The molecule has 0 aliphatic rings. The molecule has 0 amide bonds. The van der Waals surface area contributed by atoms with Crippen molar-refractivity contribution < 1.29 is 28.6 Å². The maximum atomic E-state index is 12.9. The first-order valence-corrected chi connectivity index (χ1v) is 33.4. The van der Waals surface area contributed by atoms with E-state index in [0.717, 1.165) is 135 Å². The Morgan fingerprint density at radius 2 is 0.494 bits per heavy atom. The molecule has 6 nitrogen and oxygen atoms in total. The topological polar surface area (TPSA) is 78.9 Å². The minimum atomic E-state index is -0.798. The Hall–Kier alpha value is -3.93. The van der Waals surface area contributed by atoms with Gasteiger partial charge in [-0.15, -0.1) is 0 Å². The van der Waals surface area contributed by atoms with Crippen LogP contribution in [-0.2, 0) is 28.6 Å². The molecule has 0 saturated heterocycles. The van der Waals surface area contributed by atoms with Gasteiger partial charge in [-0.3, -0.25) is 14.4 Å². The van der Waals surface area contributed by atoms with Crippen molar-refractivity contribution in [1.82, 2.24) is 0 Å². The van der Waals surface area contributed by atoms with Crippen molar-refractivity contribution >= 4 is 17.9 Å². The summed E-state index contributed by atoms with van der Waals surface area (Å²) in [5, 5.41) is 0. The summed E-state index contributed by atoms with van der Waals surface area (Å²) in [6.45, 7) is 6.41. The lowest BCUT2D eigenvalue weighted by Crippen LogP contribution is -2.30. The zero-order valence-corrected chi connectivity index (χ0v) is 51.9. The fourth-order valence-electron chi connectivity index (χ4n) is 9.35. The van der Waals surface area contributed by atoms with E-state index in [1.165, 1.54) is 141 Å². The molecular formula is C73H124O6. The highest BCUT2D eigenvalue weighted by Gasteiger charge is 2.19. The second-order valence-corrected chi connectivity index (χ2v) is 22.0. The number of ether oxygens (including phenoxy) is 3. The molecule has 0 spiro atoms. The molecule has 452 valence electrons. The van der Waals surface area contributed by atoms with Gasteiger partial charge in [-0.25, -0.2) is 0 Å². The van der Waals surface area contributed by atoms with Gasteiger partial charge in [0, 0.05) is 19.3 Å². The second kappa shape index (κ2) is 66.6. The number of esters is 3. The van der Waals surface area contributed by atoms with Gasteiger partial charge in [-0.2, -0.15) is 0 Å². The van der Waals surface area contributed by atoms with Gasteiger partial charge in [-0.1, -0.05) is 304 Å². The summed E-state index contributed by atoms with van der Waals surface area (Å²) in [5.74, 6) is -0.926. The van der Waals surface area contributed by atoms with E-state index in [0.29, 0.717) is 19.3 Å². The molecule has 0 heterocycles. The number of hydrogen-bond donors (Lipinski definition) is 0. The van der Waals surface area contributed by atoms with Gasteiger partial charge in [0.1, 0.15) is 13.2 Å². The highest BCUT2D eigenvalue weighted by molar-refractivity contribution is 5.71. The third-order valence-corrected chi connectivity index (χ3v) is 14.3. The van der Waals surface area contributed by atoms with E-state index in [1.807, 2.05) is 0 Å². The zero-order valence-electron chi connectivity index (χ0n) is 51.9. The molecule has 0 aromatic carbocycles. The van der Waals surface area contributed by atoms with Crippen LogP contribution < -0.4 is 0 Å². The fraction of sp³-hybridized carbons (Fsp3) is 0.712. The van der Waals surface area contributed by atoms with Crippen molar-refractivity contribution in [2.45, 2.75) is 322 Å². The summed E-state index contributed by atoms with van der Waals surface area (Å²) in [4.78, 5) is 38.3. The van der Waals surface area contributed by atoms with Gasteiger partial charge in [0.2, 0.25) is 0 Å². The molecule has 0 aliphatic carbocycles. The first kappa shape index (κ1) is 75.1. The predicted molar refractivity (Wildman–Crippen MR) is 343 cm³/mol. The summed E-state index contributed by atoms with van der Waals surface area (Å²) in [7, 11) is 0. The first-order chi connectivity index (χ1) is 39.0. The molecule has 0 rings (SSSR count). The number of hydrogen-bond acceptors (Lipinski definition) is 6. The highest BCUT2D eigenvalue weighted by Crippen LogP contribution is 2.17. The van der Waals surface area contributed by atoms with Crippen LogP contribution in [0.1, 0.15) is 316 Å². The number of rotatable bonds is 60. The average Bonchev–Trinajstić information content (AvgIpc) is 3.45. The molecule has 0 saturated carbocycles. The third-order valence-electron chi connectivity index (χ3n) is 14.3. The van der Waals surface area contributed by atoms with Crippen LogP contribution in [0.2, 0.25) is 0 Å². The maximum absolute atomic E-state index is 12.9. The van der Waals surface area contributed by atoms with E-state index in [-0.39, 0.29) is 31.1 Å². The SMILES string of the molecule is CC/C=C\C/C=C\C/C=C\C/C=C\C/C=C\C/C=C\CCCCCCCCC(=O)OCC(COC(=O)CCCCC/C=C\C/C=C\C/C=C\CC)OC(=O)CCCCCCCCCCCCCCCCCCCCCCCCC. The molecule has 0 aromatic heterocycles. The third kappa shape index (κ3) is 64.8. The quantitative estimate of drug-likeness (QED) is 0.0261. The van der Waals surface area contributed by atoms with Crippen LogP contribution in [0.3, 0.4) is 0 Å². The monoisotopic (exact) mass is 1100 g/mol. The smallest absolute Gasteiger partial charge is 0.306 e. The minimum absolute atomic E-state index is 0.0944. The van der Waals surface area contributed by atoms with Crippen LogP contribution in [0.15, 0.2) is 109 Å². The molecule has 0 radical (unpaired) electrons. The predicted octanol–water partition coefficient (Wildman–Crippen LogP) is 23.0. The highest BCUT2D eigenvalue weighted by atomic mass is 16.6. The fourth-order valence-corrected chi connectivity index (χ4v) is 9.35. The van der Waals surface area contributed by atoms with Crippen LogP contribution in [0.4, 0.5) is 0 Å². The van der Waals surface area contributed by atoms with Gasteiger partial charge >= 0.3 is 17.9 Å². The normalized spacial score (nSPS) is 12.8. The van der Waals surface area contributed by atoms with E-state index < -0.39 is 6.10 Å². The Kier molecular flexibility index (Phi) is 63.3. The van der Waals surface area contributed by atoms with Crippen LogP contribution in [-0.4, -0.2) is 37.2 Å². The molecule has 0 fully saturated rings. The summed E-state index contributed by atoms with van der Waals surface area (Å²) < 4.78 is 16.9. The number of unbranched alkanes of at least 4 members (excludes halogenated alkanes) is 31. The van der Waals surface area contributed by atoms with Gasteiger partial charge in [0.15, 0.2) is 6.10 Å². The Bertz CT molecular complexity index is 1590. The Morgan fingerprint density at radius 1 is 0.266 bits per heavy atom. The average molecular weight is 1100 g/mol. The van der Waals surface area contributed by atoms with Crippen LogP contribution in [0.25, 0.3) is 0 Å². The Balaban J connectivity index is 4.35. The lowest BCUT2D eigenvalue weighted by atomic mass is 10.0. The summed E-state index contributed by atoms with van der Waals surface area (Å²) >= 11 is 0. The number of allylic oxidation sites excluding steroid dienone is 18. The molecular weight excluding hydrogens is 973 g/mol. The largest absolute Gasteiger partial charge is 0.462 e. The van der Waals surface area contributed by atoms with Crippen molar-refractivity contribution in [2.75, 3.05) is 13.2 Å². The summed E-state index contributed by atoms with van der Waals surface area (Å²) in [6.07, 6.45) is 91.1. The second-order valence-electron chi connectivity index (χ2n) is 22.0. The number of carbonyl (C=O) groups is 3. The maximum Gasteiger partial charge on any atom is 0.306 e. The Labute approximate surface area is 489 Å². The minimum Gasteiger partial charge on any atom is -0.462 e. The molecule has 1 unspecified atom stereocenters. The standard InChI is InChI=1S/C73H124O6/c1-4-7-10-13-16-19-22-25-27-29-31-33-35-36-38-39-41-43-45-48-51-54-57-60-63-66-72(75)78-69-70(68-77-71(74)65-62-59-56-53-50-47-24-21-18-15-12-9-6-3)79-73(76)67-64-61-58-55-52-49-46-44-42-40-37-34-32-30-28-26-23-20-17-14-11-8-5-2/h7,9-10,12,16,18-19,21,25,27,31,33,36,38,41,43,47,50,70H,4-6,8,11,13-15,17,20,22-24,26,28-30,32,34-35,37,39-40,42,44-46,48-49,51-69H2,1-3H3/b10-7-,12-9-,19-16-,21-18-,27-25-,33-31-,38-36-,43-41-,50-47-.